The van der Waals surface area contributed by atoms with Gasteiger partial charge < -0.3 is 9.73 Å². The van der Waals surface area contributed by atoms with Gasteiger partial charge >= 0.3 is 0 Å². The average Bonchev–Trinajstić information content (AvgIpc) is 2.83. The lowest BCUT2D eigenvalue weighted by molar-refractivity contribution is 0.255. The molecule has 0 aromatic carbocycles. The monoisotopic (exact) mass is 221 g/mol. The van der Waals surface area contributed by atoms with Crippen LogP contribution in [-0.4, -0.2) is 12.6 Å². The normalized spacial score (nSPS) is 25.8. The Balaban J connectivity index is 1.71. The van der Waals surface area contributed by atoms with Crippen LogP contribution in [0.1, 0.15) is 44.8 Å². The SMILES string of the molecule is CCC1CCCCC1NCCc1ccco1. The molecule has 0 radical (unpaired) electrons. The van der Waals surface area contributed by atoms with Crippen molar-refractivity contribution < 1.29 is 4.42 Å². The molecule has 0 saturated heterocycles. The molecule has 1 aromatic rings. The van der Waals surface area contributed by atoms with E-state index in [0.717, 1.165) is 30.7 Å². The number of hydrogen-bond donors (Lipinski definition) is 1. The van der Waals surface area contributed by atoms with Crippen LogP contribution in [0.4, 0.5) is 0 Å². The van der Waals surface area contributed by atoms with Gasteiger partial charge in [0, 0.05) is 19.0 Å². The summed E-state index contributed by atoms with van der Waals surface area (Å²) in [4.78, 5) is 0. The van der Waals surface area contributed by atoms with E-state index in [1.807, 2.05) is 6.07 Å². The zero-order valence-corrected chi connectivity index (χ0v) is 10.2. The Bertz CT molecular complexity index is 281. The van der Waals surface area contributed by atoms with E-state index in [1.54, 1.807) is 6.26 Å². The number of rotatable bonds is 5. The van der Waals surface area contributed by atoms with Crippen LogP contribution in [0.3, 0.4) is 0 Å². The second kappa shape index (κ2) is 6.09. The first kappa shape index (κ1) is 11.7. The highest BCUT2D eigenvalue weighted by atomic mass is 16.3. The molecule has 2 atom stereocenters. The fourth-order valence-electron chi connectivity index (χ4n) is 2.80. The molecular weight excluding hydrogens is 198 g/mol. The summed E-state index contributed by atoms with van der Waals surface area (Å²) in [5.41, 5.74) is 0. The van der Waals surface area contributed by atoms with Gasteiger partial charge in [-0.1, -0.05) is 26.2 Å². The first-order valence-electron chi connectivity index (χ1n) is 6.66. The van der Waals surface area contributed by atoms with Crippen LogP contribution in [0.2, 0.25) is 0 Å². The minimum Gasteiger partial charge on any atom is -0.469 e. The quantitative estimate of drug-likeness (QED) is 0.824. The van der Waals surface area contributed by atoms with Crippen molar-refractivity contribution in [1.29, 1.82) is 0 Å². The van der Waals surface area contributed by atoms with E-state index in [-0.39, 0.29) is 0 Å². The molecule has 1 aliphatic carbocycles. The van der Waals surface area contributed by atoms with Gasteiger partial charge in [-0.05, 0) is 30.9 Å². The maximum absolute atomic E-state index is 5.34. The van der Waals surface area contributed by atoms with Crippen LogP contribution >= 0.6 is 0 Å². The van der Waals surface area contributed by atoms with Gasteiger partial charge in [0.15, 0.2) is 0 Å². The third kappa shape index (κ3) is 3.11. The molecule has 1 aliphatic rings. The van der Waals surface area contributed by atoms with Crippen molar-refractivity contribution in [2.24, 2.45) is 5.92 Å². The molecule has 2 unspecified atom stereocenters. The van der Waals surface area contributed by atoms with Crippen molar-refractivity contribution >= 4 is 0 Å². The van der Waals surface area contributed by atoms with Crippen LogP contribution in [0.25, 0.3) is 0 Å². The van der Waals surface area contributed by atoms with Gasteiger partial charge in [0.05, 0.1) is 6.26 Å². The van der Waals surface area contributed by atoms with E-state index in [0.29, 0.717) is 0 Å². The highest BCUT2D eigenvalue weighted by Gasteiger charge is 2.22. The fourth-order valence-corrected chi connectivity index (χ4v) is 2.80. The molecule has 1 heterocycles. The first-order valence-corrected chi connectivity index (χ1v) is 6.66. The Morgan fingerprint density at radius 2 is 2.25 bits per heavy atom. The molecule has 0 amide bonds. The van der Waals surface area contributed by atoms with Crippen LogP contribution in [0.15, 0.2) is 22.8 Å². The second-order valence-electron chi connectivity index (χ2n) is 4.84. The summed E-state index contributed by atoms with van der Waals surface area (Å²) < 4.78 is 5.34. The summed E-state index contributed by atoms with van der Waals surface area (Å²) in [5.74, 6) is 1.99. The average molecular weight is 221 g/mol. The molecular formula is C14H23NO. The summed E-state index contributed by atoms with van der Waals surface area (Å²) in [7, 11) is 0. The fraction of sp³-hybridized carbons (Fsp3) is 0.714. The lowest BCUT2D eigenvalue weighted by Gasteiger charge is -2.31. The second-order valence-corrected chi connectivity index (χ2v) is 4.84. The zero-order valence-electron chi connectivity index (χ0n) is 10.2. The summed E-state index contributed by atoms with van der Waals surface area (Å²) in [6.45, 7) is 3.37. The molecule has 16 heavy (non-hydrogen) atoms. The molecule has 2 rings (SSSR count). The number of hydrogen-bond acceptors (Lipinski definition) is 2. The Labute approximate surface area is 98.4 Å². The van der Waals surface area contributed by atoms with Crippen LogP contribution in [0.5, 0.6) is 0 Å². The molecule has 0 spiro atoms. The predicted octanol–water partition coefficient (Wildman–Crippen LogP) is 3.38. The van der Waals surface area contributed by atoms with Gasteiger partial charge in [0.25, 0.3) is 0 Å². The maximum atomic E-state index is 5.34. The molecule has 1 fully saturated rings. The van der Waals surface area contributed by atoms with E-state index in [2.05, 4.69) is 18.3 Å². The topological polar surface area (TPSA) is 25.2 Å². The molecule has 1 aromatic heterocycles. The van der Waals surface area contributed by atoms with Gasteiger partial charge in [-0.3, -0.25) is 0 Å². The number of nitrogens with one attached hydrogen (secondary N) is 1. The number of furan rings is 1. The molecule has 0 bridgehead atoms. The van der Waals surface area contributed by atoms with Crippen molar-refractivity contribution in [1.82, 2.24) is 5.32 Å². The highest BCUT2D eigenvalue weighted by Crippen LogP contribution is 2.26. The first-order chi connectivity index (χ1) is 7.90. The van der Waals surface area contributed by atoms with Gasteiger partial charge in [-0.25, -0.2) is 0 Å². The van der Waals surface area contributed by atoms with Crippen molar-refractivity contribution in [3.8, 4) is 0 Å². The Hall–Kier alpha value is -0.760. The maximum Gasteiger partial charge on any atom is 0.105 e. The van der Waals surface area contributed by atoms with Crippen molar-refractivity contribution in [2.75, 3.05) is 6.54 Å². The van der Waals surface area contributed by atoms with E-state index >= 15 is 0 Å². The molecule has 2 heteroatoms. The minimum absolute atomic E-state index is 0.744. The largest absolute Gasteiger partial charge is 0.469 e. The van der Waals surface area contributed by atoms with Crippen LogP contribution in [0, 0.1) is 5.92 Å². The molecule has 1 N–H and O–H groups in total. The Morgan fingerprint density at radius 3 is 3.00 bits per heavy atom. The lowest BCUT2D eigenvalue weighted by Crippen LogP contribution is -2.39. The summed E-state index contributed by atoms with van der Waals surface area (Å²) in [6, 6.07) is 4.76. The lowest BCUT2D eigenvalue weighted by atomic mass is 9.83. The predicted molar refractivity (Wildman–Crippen MR) is 66.5 cm³/mol. The third-order valence-electron chi connectivity index (χ3n) is 3.79. The molecule has 1 saturated carbocycles. The smallest absolute Gasteiger partial charge is 0.105 e. The molecule has 0 aliphatic heterocycles. The van der Waals surface area contributed by atoms with E-state index < -0.39 is 0 Å². The van der Waals surface area contributed by atoms with Crippen molar-refractivity contribution in [3.63, 3.8) is 0 Å². The summed E-state index contributed by atoms with van der Waals surface area (Å²) in [6.07, 6.45) is 9.68. The van der Waals surface area contributed by atoms with Crippen LogP contribution in [-0.2, 0) is 6.42 Å². The summed E-state index contributed by atoms with van der Waals surface area (Å²) >= 11 is 0. The summed E-state index contributed by atoms with van der Waals surface area (Å²) in [5, 5.41) is 3.70. The van der Waals surface area contributed by atoms with Crippen molar-refractivity contribution in [2.45, 2.75) is 51.5 Å². The third-order valence-corrected chi connectivity index (χ3v) is 3.79. The van der Waals surface area contributed by atoms with Crippen molar-refractivity contribution in [3.05, 3.63) is 24.2 Å². The van der Waals surface area contributed by atoms with Gasteiger partial charge in [0.1, 0.15) is 5.76 Å². The zero-order chi connectivity index (χ0) is 11.2. The Morgan fingerprint density at radius 1 is 1.38 bits per heavy atom. The van der Waals surface area contributed by atoms with Gasteiger partial charge in [-0.2, -0.15) is 0 Å². The molecule has 90 valence electrons. The van der Waals surface area contributed by atoms with Gasteiger partial charge in [-0.15, -0.1) is 0 Å². The molecule has 2 nitrogen and oxygen atoms in total. The Kier molecular flexibility index (Phi) is 4.46. The minimum atomic E-state index is 0.744. The van der Waals surface area contributed by atoms with E-state index in [9.17, 15) is 0 Å². The van der Waals surface area contributed by atoms with E-state index in [1.165, 1.54) is 32.1 Å². The van der Waals surface area contributed by atoms with Crippen LogP contribution < -0.4 is 5.32 Å². The highest BCUT2D eigenvalue weighted by molar-refractivity contribution is 4.98. The standard InChI is InChI=1S/C14H23NO/c1-2-12-6-3-4-8-14(12)15-10-9-13-7-5-11-16-13/h5,7,11-12,14-15H,2-4,6,8-10H2,1H3. The van der Waals surface area contributed by atoms with E-state index in [4.69, 9.17) is 4.42 Å². The van der Waals surface area contributed by atoms with Gasteiger partial charge in [0.2, 0.25) is 0 Å².